The van der Waals surface area contributed by atoms with Crippen LogP contribution in [0.4, 0.5) is 4.39 Å². The normalized spacial score (nSPS) is 12.0. The van der Waals surface area contributed by atoms with Gasteiger partial charge in [0.2, 0.25) is 5.43 Å². The Morgan fingerprint density at radius 1 is 1.12 bits per heavy atom. The van der Waals surface area contributed by atoms with Gasteiger partial charge in [-0.1, -0.05) is 18.2 Å². The van der Waals surface area contributed by atoms with Crippen LogP contribution in [-0.4, -0.2) is 21.9 Å². The molecule has 1 heterocycles. The van der Waals surface area contributed by atoms with Crippen LogP contribution < -0.4 is 10.2 Å². The molecule has 0 aliphatic heterocycles. The number of nitrogens with zero attached hydrogens (tertiary/aromatic N) is 1. The molecule has 0 aliphatic carbocycles. The fourth-order valence-electron chi connectivity index (χ4n) is 2.82. The van der Waals surface area contributed by atoms with Crippen molar-refractivity contribution in [2.45, 2.75) is 13.0 Å². The Kier molecular flexibility index (Phi) is 4.77. The molecule has 2 N–H and O–H groups in total. The summed E-state index contributed by atoms with van der Waals surface area (Å²) in [6.45, 7) is 1.52. The van der Waals surface area contributed by atoms with Crippen molar-refractivity contribution in [2.24, 2.45) is 0 Å². The average molecular weight is 355 g/mol. The van der Waals surface area contributed by atoms with Gasteiger partial charge in [0, 0.05) is 22.9 Å². The summed E-state index contributed by atoms with van der Waals surface area (Å²) in [6.07, 6.45) is 0.291. The quantitative estimate of drug-likeness (QED) is 0.752. The average Bonchev–Trinajstić information content (AvgIpc) is 2.63. The Bertz CT molecular complexity index is 1010. The van der Waals surface area contributed by atoms with Crippen molar-refractivity contribution in [3.8, 4) is 28.3 Å². The zero-order valence-corrected chi connectivity index (χ0v) is 14.3. The minimum atomic E-state index is -0.942. The van der Waals surface area contributed by atoms with Crippen LogP contribution in [-0.2, 0) is 0 Å². The maximum atomic E-state index is 14.3. The van der Waals surface area contributed by atoms with Crippen molar-refractivity contribution in [3.63, 3.8) is 0 Å². The van der Waals surface area contributed by atoms with E-state index in [0.717, 1.165) is 0 Å². The van der Waals surface area contributed by atoms with Crippen LogP contribution >= 0.6 is 0 Å². The van der Waals surface area contributed by atoms with E-state index in [1.807, 2.05) is 0 Å². The molecule has 1 unspecified atom stereocenters. The Hall–Kier alpha value is -3.12. The molecule has 0 spiro atoms. The molecule has 0 bridgehead atoms. The zero-order valence-electron chi connectivity index (χ0n) is 14.3. The summed E-state index contributed by atoms with van der Waals surface area (Å²) >= 11 is 0. The molecule has 3 rings (SSSR count). The summed E-state index contributed by atoms with van der Waals surface area (Å²) in [4.78, 5) is 11.7. The maximum Gasteiger partial charge on any atom is 0.223 e. The van der Waals surface area contributed by atoms with E-state index in [1.54, 1.807) is 36.4 Å². The van der Waals surface area contributed by atoms with Gasteiger partial charge in [0.15, 0.2) is 5.75 Å². The molecule has 134 valence electrons. The van der Waals surface area contributed by atoms with Gasteiger partial charge >= 0.3 is 0 Å². The van der Waals surface area contributed by atoms with Gasteiger partial charge in [0.25, 0.3) is 0 Å². The highest BCUT2D eigenvalue weighted by Gasteiger charge is 2.15. The highest BCUT2D eigenvalue weighted by Crippen LogP contribution is 2.34. The Morgan fingerprint density at radius 3 is 2.50 bits per heavy atom. The van der Waals surface area contributed by atoms with Crippen molar-refractivity contribution in [1.29, 1.82) is 0 Å². The van der Waals surface area contributed by atoms with Crippen molar-refractivity contribution in [3.05, 3.63) is 76.5 Å². The van der Waals surface area contributed by atoms with Gasteiger partial charge < -0.3 is 19.5 Å². The SMILES string of the molecule is COc1ccc(-n2cc(O)c(=O)cc2C(C)O)cc1-c1ccccc1F. The summed E-state index contributed by atoms with van der Waals surface area (Å²) < 4.78 is 21.1. The molecule has 26 heavy (non-hydrogen) atoms. The first-order valence-corrected chi connectivity index (χ1v) is 7.99. The number of aromatic nitrogens is 1. The minimum Gasteiger partial charge on any atom is -0.503 e. The molecule has 0 saturated heterocycles. The Labute approximate surface area is 149 Å². The number of aromatic hydroxyl groups is 1. The predicted molar refractivity (Wildman–Crippen MR) is 96.3 cm³/mol. The van der Waals surface area contributed by atoms with E-state index < -0.39 is 23.1 Å². The summed E-state index contributed by atoms with van der Waals surface area (Å²) in [7, 11) is 1.49. The van der Waals surface area contributed by atoms with Crippen LogP contribution in [0, 0.1) is 5.82 Å². The fraction of sp³-hybridized carbons (Fsp3) is 0.150. The summed E-state index contributed by atoms with van der Waals surface area (Å²) in [5.41, 5.74) is 1.13. The first-order valence-electron chi connectivity index (χ1n) is 7.99. The van der Waals surface area contributed by atoms with Gasteiger partial charge in [-0.25, -0.2) is 4.39 Å². The number of benzene rings is 2. The number of rotatable bonds is 4. The lowest BCUT2D eigenvalue weighted by Gasteiger charge is -2.18. The first-order chi connectivity index (χ1) is 12.4. The molecule has 0 aliphatic rings. The highest BCUT2D eigenvalue weighted by molar-refractivity contribution is 5.73. The zero-order chi connectivity index (χ0) is 18.8. The summed E-state index contributed by atoms with van der Waals surface area (Å²) in [6, 6.07) is 12.5. The minimum absolute atomic E-state index is 0.303. The van der Waals surface area contributed by atoms with Gasteiger partial charge in [0.05, 0.1) is 25.1 Å². The van der Waals surface area contributed by atoms with Crippen LogP contribution in [0.1, 0.15) is 18.7 Å². The highest BCUT2D eigenvalue weighted by atomic mass is 19.1. The molecule has 1 atom stereocenters. The second-order valence-corrected chi connectivity index (χ2v) is 5.86. The van der Waals surface area contributed by atoms with Crippen LogP contribution in [0.5, 0.6) is 11.5 Å². The van der Waals surface area contributed by atoms with Crippen molar-refractivity contribution >= 4 is 0 Å². The third-order valence-corrected chi connectivity index (χ3v) is 4.11. The van der Waals surface area contributed by atoms with Crippen molar-refractivity contribution < 1.29 is 19.3 Å². The van der Waals surface area contributed by atoms with E-state index in [-0.39, 0.29) is 0 Å². The molecular formula is C20H18FNO4. The maximum absolute atomic E-state index is 14.3. The van der Waals surface area contributed by atoms with E-state index in [4.69, 9.17) is 4.74 Å². The fourth-order valence-corrected chi connectivity index (χ4v) is 2.82. The molecule has 5 nitrogen and oxygen atoms in total. The number of aliphatic hydroxyl groups is 1. The first kappa shape index (κ1) is 17.7. The van der Waals surface area contributed by atoms with Crippen molar-refractivity contribution in [2.75, 3.05) is 7.11 Å². The van der Waals surface area contributed by atoms with E-state index in [2.05, 4.69) is 0 Å². The molecule has 0 radical (unpaired) electrons. The molecule has 0 fully saturated rings. The third-order valence-electron chi connectivity index (χ3n) is 4.11. The summed E-state index contributed by atoms with van der Waals surface area (Å²) in [5, 5.41) is 19.8. The number of halogens is 1. The summed E-state index contributed by atoms with van der Waals surface area (Å²) in [5.74, 6) is -0.373. The van der Waals surface area contributed by atoms with Crippen LogP contribution in [0.15, 0.2) is 59.5 Å². The second kappa shape index (κ2) is 7.01. The van der Waals surface area contributed by atoms with Crippen LogP contribution in [0.25, 0.3) is 16.8 Å². The molecule has 0 saturated carbocycles. The lowest BCUT2D eigenvalue weighted by molar-refractivity contribution is 0.191. The standard InChI is InChI=1S/C20H18FNO4/c1-12(23)17-10-18(24)19(25)11-22(17)13-7-8-20(26-2)15(9-13)14-5-3-4-6-16(14)21/h3-12,23,25H,1-2H3. The lowest BCUT2D eigenvalue weighted by atomic mass is 10.0. The Morgan fingerprint density at radius 2 is 1.85 bits per heavy atom. The molecule has 6 heteroatoms. The molecule has 3 aromatic rings. The van der Waals surface area contributed by atoms with E-state index in [1.165, 1.54) is 36.9 Å². The largest absolute Gasteiger partial charge is 0.503 e. The van der Waals surface area contributed by atoms with E-state index in [0.29, 0.717) is 28.3 Å². The third kappa shape index (κ3) is 3.19. The van der Waals surface area contributed by atoms with Gasteiger partial charge in [-0.2, -0.15) is 0 Å². The van der Waals surface area contributed by atoms with Crippen molar-refractivity contribution in [1.82, 2.24) is 4.57 Å². The number of methoxy groups -OCH3 is 1. The van der Waals surface area contributed by atoms with Crippen LogP contribution in [0.2, 0.25) is 0 Å². The number of pyridine rings is 1. The van der Waals surface area contributed by atoms with Crippen LogP contribution in [0.3, 0.4) is 0 Å². The molecule has 1 aromatic heterocycles. The van der Waals surface area contributed by atoms with E-state index >= 15 is 0 Å². The molecule has 2 aromatic carbocycles. The number of hydrogen-bond donors (Lipinski definition) is 2. The molecule has 0 amide bonds. The number of hydrogen-bond acceptors (Lipinski definition) is 4. The molecular weight excluding hydrogens is 337 g/mol. The van der Waals surface area contributed by atoms with Gasteiger partial charge in [-0.05, 0) is 31.2 Å². The number of ether oxygens (including phenoxy) is 1. The predicted octanol–water partition coefficient (Wildman–Crippen LogP) is 3.41. The smallest absolute Gasteiger partial charge is 0.223 e. The van der Waals surface area contributed by atoms with E-state index in [9.17, 15) is 19.4 Å². The van der Waals surface area contributed by atoms with Gasteiger partial charge in [-0.15, -0.1) is 0 Å². The second-order valence-electron chi connectivity index (χ2n) is 5.86. The van der Waals surface area contributed by atoms with Gasteiger partial charge in [0.1, 0.15) is 11.6 Å². The number of aliphatic hydroxyl groups excluding tert-OH is 1. The Balaban J connectivity index is 2.26. The van der Waals surface area contributed by atoms with Gasteiger partial charge in [-0.3, -0.25) is 4.79 Å². The topological polar surface area (TPSA) is 71.7 Å². The lowest BCUT2D eigenvalue weighted by Crippen LogP contribution is -2.13. The monoisotopic (exact) mass is 355 g/mol.